The number of fused-ring (bicyclic) bond motifs is 4. The van der Waals surface area contributed by atoms with Gasteiger partial charge in [0, 0.05) is 86.6 Å². The molecule has 3 aliphatic heterocycles. The summed E-state index contributed by atoms with van der Waals surface area (Å²) in [5, 5.41) is 1.92. The first kappa shape index (κ1) is 46.9. The molecule has 0 radical (unpaired) electrons. The van der Waals surface area contributed by atoms with E-state index in [1.165, 1.54) is 0 Å². The number of halogens is 4. The molecule has 0 fully saturated rings. The minimum Gasteiger partial charge on any atom is -0.462 e. The molecule has 0 N–H and O–H groups in total. The van der Waals surface area contributed by atoms with Gasteiger partial charge in [-0.05, 0) is 73.7 Å². The summed E-state index contributed by atoms with van der Waals surface area (Å²) in [6, 6.07) is 45.2. The molecule has 7 aromatic carbocycles. The molecule has 0 aliphatic carbocycles. The summed E-state index contributed by atoms with van der Waals surface area (Å²) < 4.78 is 27.4. The van der Waals surface area contributed by atoms with Crippen molar-refractivity contribution in [1.82, 2.24) is 14.5 Å². The standard InChI is InChI=1S/C60H45Cl4N4O5/c1-2-70-60(69)53-52(54(61)56(63)57(64)55(53)62)51-43-27-41-15-9-25-67(33-35-17-21-37(22-18-35)49-31-65-58(72-49)39-11-5-3-6-12-39)45(41)29-47(43)71-48-30-46-42(28-44(48)51)16-10-26-68(46)34-36-19-23-38(24-20-36)50-32-66-59(73-50)40-13-7-4-8-14-40/h3-8,11-14,17-24,27-32H,2,9-10,15-16,25-26,33-34H2,1H3/q+1. The van der Waals surface area contributed by atoms with Crippen LogP contribution in [0.2, 0.25) is 20.1 Å². The molecule has 5 heterocycles. The molecule has 0 bridgehead atoms. The van der Waals surface area contributed by atoms with Crippen molar-refractivity contribution in [3.05, 3.63) is 215 Å². The Kier molecular flexibility index (Phi) is 12.7. The average Bonchev–Trinajstić information content (AvgIpc) is 4.14. The zero-order chi connectivity index (χ0) is 49.7. The van der Waals surface area contributed by atoms with Crippen LogP contribution in [0.4, 0.5) is 5.69 Å². The third-order valence-electron chi connectivity index (χ3n) is 13.8. The second-order valence-electron chi connectivity index (χ2n) is 18.4. The van der Waals surface area contributed by atoms with Gasteiger partial charge in [0.2, 0.25) is 17.1 Å². The van der Waals surface area contributed by atoms with Crippen LogP contribution in [0.25, 0.3) is 51.1 Å². The van der Waals surface area contributed by atoms with Crippen molar-refractivity contribution in [2.45, 2.75) is 45.7 Å². The van der Waals surface area contributed by atoms with Crippen molar-refractivity contribution in [1.29, 1.82) is 0 Å². The highest BCUT2D eigenvalue weighted by Crippen LogP contribution is 2.49. The highest BCUT2D eigenvalue weighted by Gasteiger charge is 2.34. The number of aryl methyl sites for hydroxylation is 2. The molecule has 0 saturated heterocycles. The molecule has 2 aromatic heterocycles. The van der Waals surface area contributed by atoms with Gasteiger partial charge in [-0.15, -0.1) is 0 Å². The van der Waals surface area contributed by atoms with Crippen LogP contribution in [0.5, 0.6) is 11.5 Å². The number of hydrogen-bond donors (Lipinski definition) is 0. The fraction of sp³-hybridized carbons (Fsp3) is 0.167. The Bertz CT molecular complexity index is 3750. The van der Waals surface area contributed by atoms with Gasteiger partial charge < -0.3 is 23.2 Å². The van der Waals surface area contributed by atoms with Crippen LogP contribution < -0.4 is 24.8 Å². The molecule has 0 atom stereocenters. The molecule has 0 saturated carbocycles. The van der Waals surface area contributed by atoms with Crippen molar-refractivity contribution in [3.63, 3.8) is 0 Å². The van der Waals surface area contributed by atoms with Gasteiger partial charge in [-0.3, -0.25) is 0 Å². The lowest BCUT2D eigenvalue weighted by Crippen LogP contribution is -2.39. The number of rotatable bonds is 11. The number of esters is 1. The minimum atomic E-state index is -0.657. The largest absolute Gasteiger partial charge is 0.462 e. The number of nitrogens with zero attached hydrogens (tertiary/aromatic N) is 4. The van der Waals surface area contributed by atoms with Crippen LogP contribution >= 0.6 is 46.4 Å². The SMILES string of the molecule is CCOC(=O)c1c(Cl)c(Cl)c(Cl)c(Cl)c1C1=c2cc3c(cc2Oc2cc4c(cc21)CCCN4Cc1ccc(-c2cnc(-c4ccccc4)o2)cc1)=[N+](Cc1ccc(-c2cnc(-c4ccccc4)o2)cc1)CCC3. The molecule has 13 heteroatoms. The van der Waals surface area contributed by atoms with Crippen LogP contribution in [0.1, 0.15) is 63.5 Å². The summed E-state index contributed by atoms with van der Waals surface area (Å²) in [5.74, 6) is 3.14. The normalized spacial score (nSPS) is 13.7. The Morgan fingerprint density at radius 2 is 1.27 bits per heavy atom. The Labute approximate surface area is 441 Å². The van der Waals surface area contributed by atoms with Crippen molar-refractivity contribution in [2.24, 2.45) is 0 Å². The summed E-state index contributed by atoms with van der Waals surface area (Å²) in [5.41, 5.74) is 11.2. The number of anilines is 1. The van der Waals surface area contributed by atoms with Gasteiger partial charge in [-0.2, -0.15) is 0 Å². The van der Waals surface area contributed by atoms with E-state index in [0.717, 1.165) is 105 Å². The Morgan fingerprint density at radius 1 is 0.658 bits per heavy atom. The number of hydrogen-bond acceptors (Lipinski definition) is 8. The van der Waals surface area contributed by atoms with Crippen LogP contribution in [-0.4, -0.2) is 35.6 Å². The lowest BCUT2D eigenvalue weighted by atomic mass is 9.86. The van der Waals surface area contributed by atoms with Crippen LogP contribution in [0.15, 0.2) is 155 Å². The molecular formula is C60H45Cl4N4O5+. The van der Waals surface area contributed by atoms with Crippen LogP contribution in [-0.2, 0) is 30.7 Å². The van der Waals surface area contributed by atoms with Gasteiger partial charge >= 0.3 is 5.97 Å². The second-order valence-corrected chi connectivity index (χ2v) is 19.9. The average molecular weight is 1040 g/mol. The smallest absolute Gasteiger partial charge is 0.340 e. The number of carbonyl (C=O) groups excluding carboxylic acids is 1. The fourth-order valence-electron chi connectivity index (χ4n) is 10.3. The second kappa shape index (κ2) is 19.7. The summed E-state index contributed by atoms with van der Waals surface area (Å²) in [4.78, 5) is 25.5. The zero-order valence-corrected chi connectivity index (χ0v) is 42.6. The van der Waals surface area contributed by atoms with Crippen LogP contribution in [0, 0.1) is 0 Å². The topological polar surface area (TPSA) is 93.8 Å². The predicted octanol–water partition coefficient (Wildman–Crippen LogP) is 14.1. The van der Waals surface area contributed by atoms with Gasteiger partial charge in [0.25, 0.3) is 0 Å². The lowest BCUT2D eigenvalue weighted by molar-refractivity contribution is 0.0526. The first-order valence-corrected chi connectivity index (χ1v) is 25.8. The van der Waals surface area contributed by atoms with E-state index in [9.17, 15) is 4.79 Å². The zero-order valence-electron chi connectivity index (χ0n) is 39.6. The molecule has 0 spiro atoms. The van der Waals surface area contributed by atoms with Gasteiger partial charge in [-0.25, -0.2) is 19.3 Å². The molecule has 3 aliphatic rings. The third kappa shape index (κ3) is 8.88. The van der Waals surface area contributed by atoms with Crippen molar-refractivity contribution in [2.75, 3.05) is 24.6 Å². The number of oxazole rings is 2. The summed E-state index contributed by atoms with van der Waals surface area (Å²) in [6.45, 7) is 4.89. The lowest BCUT2D eigenvalue weighted by Gasteiger charge is -2.34. The van der Waals surface area contributed by atoms with E-state index in [1.54, 1.807) is 19.3 Å². The number of benzene rings is 7. The van der Waals surface area contributed by atoms with E-state index in [-0.39, 0.29) is 32.3 Å². The van der Waals surface area contributed by atoms with E-state index in [0.29, 0.717) is 59.0 Å². The van der Waals surface area contributed by atoms with Crippen molar-refractivity contribution in [3.8, 4) is 57.1 Å². The highest BCUT2D eigenvalue weighted by molar-refractivity contribution is 6.53. The number of carbonyl (C=O) groups is 1. The highest BCUT2D eigenvalue weighted by atomic mass is 35.5. The van der Waals surface area contributed by atoms with Crippen molar-refractivity contribution < 1.29 is 23.1 Å². The van der Waals surface area contributed by atoms with E-state index >= 15 is 0 Å². The quantitative estimate of drug-likeness (QED) is 0.0547. The summed E-state index contributed by atoms with van der Waals surface area (Å²) >= 11 is 27.9. The summed E-state index contributed by atoms with van der Waals surface area (Å²) in [6.07, 6.45) is 7.09. The number of aromatic nitrogens is 2. The molecule has 0 unspecified atom stereocenters. The van der Waals surface area contributed by atoms with Gasteiger partial charge in [-0.1, -0.05) is 131 Å². The molecule has 73 heavy (non-hydrogen) atoms. The van der Waals surface area contributed by atoms with Gasteiger partial charge in [0.1, 0.15) is 18.0 Å². The predicted molar refractivity (Wildman–Crippen MR) is 289 cm³/mol. The van der Waals surface area contributed by atoms with Crippen molar-refractivity contribution >= 4 is 63.6 Å². The fourth-order valence-corrected chi connectivity index (χ4v) is 11.3. The van der Waals surface area contributed by atoms with E-state index in [4.69, 9.17) is 64.7 Å². The molecule has 362 valence electrons. The van der Waals surface area contributed by atoms with E-state index in [2.05, 4.69) is 92.2 Å². The third-order valence-corrected chi connectivity index (χ3v) is 15.6. The molecule has 0 amide bonds. The molecular weight excluding hydrogens is 998 g/mol. The first-order chi connectivity index (χ1) is 35.7. The summed E-state index contributed by atoms with van der Waals surface area (Å²) in [7, 11) is 0. The van der Waals surface area contributed by atoms with E-state index < -0.39 is 5.97 Å². The first-order valence-electron chi connectivity index (χ1n) is 24.3. The molecule has 12 rings (SSSR count). The van der Waals surface area contributed by atoms with Gasteiger partial charge in [0.05, 0.1) is 50.7 Å². The Hall–Kier alpha value is -7.14. The Morgan fingerprint density at radius 3 is 1.92 bits per heavy atom. The van der Waals surface area contributed by atoms with Gasteiger partial charge in [0.15, 0.2) is 18.1 Å². The maximum atomic E-state index is 14.0. The molecule has 9 aromatic rings. The minimum absolute atomic E-state index is 0.0213. The monoisotopic (exact) mass is 1040 g/mol. The Balaban J connectivity index is 0.932. The maximum absolute atomic E-state index is 14.0. The number of ether oxygens (including phenoxy) is 2. The molecule has 9 nitrogen and oxygen atoms in total. The van der Waals surface area contributed by atoms with E-state index in [1.807, 2.05) is 60.7 Å². The van der Waals surface area contributed by atoms with Crippen LogP contribution in [0.3, 0.4) is 0 Å². The maximum Gasteiger partial charge on any atom is 0.340 e.